The lowest BCUT2D eigenvalue weighted by atomic mass is 10.1. The molecule has 1 aliphatic heterocycles. The largest absolute Gasteiger partial charge is 0.314 e. The summed E-state index contributed by atoms with van der Waals surface area (Å²) in [5.74, 6) is -0.621. The zero-order valence-corrected chi connectivity index (χ0v) is 15.0. The number of rotatable bonds is 3. The topological polar surface area (TPSA) is 42.3 Å². The smallest absolute Gasteiger partial charge is 0.258 e. The van der Waals surface area contributed by atoms with Gasteiger partial charge in [-0.15, -0.1) is 0 Å². The van der Waals surface area contributed by atoms with Crippen LogP contribution in [0.1, 0.15) is 0 Å². The standard InChI is InChI=1S/C22H14N2O2S/c25-21-8-9-22(26)24(21)20-13-23(19-7-2-1-6-18(19)20)17-5-3-4-15(12-17)16-10-11-27-14-16/h1-14H. The maximum atomic E-state index is 12.2. The zero-order valence-electron chi connectivity index (χ0n) is 14.2. The first-order valence-electron chi connectivity index (χ1n) is 8.51. The minimum Gasteiger partial charge on any atom is -0.314 e. The fourth-order valence-electron chi connectivity index (χ4n) is 3.46. The van der Waals surface area contributed by atoms with Crippen LogP contribution in [-0.4, -0.2) is 16.4 Å². The predicted octanol–water partition coefficient (Wildman–Crippen LogP) is 4.79. The molecule has 0 bridgehead atoms. The average molecular weight is 370 g/mol. The molecule has 4 nitrogen and oxygen atoms in total. The van der Waals surface area contributed by atoms with E-state index in [1.165, 1.54) is 22.6 Å². The molecule has 0 spiro atoms. The molecule has 2 amide bonds. The second kappa shape index (κ2) is 6.07. The van der Waals surface area contributed by atoms with E-state index in [-0.39, 0.29) is 11.8 Å². The Morgan fingerprint density at radius 1 is 0.815 bits per heavy atom. The first-order chi connectivity index (χ1) is 13.2. The Labute approximate surface area is 159 Å². The molecule has 2 aromatic heterocycles. The lowest BCUT2D eigenvalue weighted by molar-refractivity contribution is -0.119. The van der Waals surface area contributed by atoms with Crippen molar-refractivity contribution in [1.29, 1.82) is 0 Å². The predicted molar refractivity (Wildman–Crippen MR) is 108 cm³/mol. The van der Waals surface area contributed by atoms with Crippen molar-refractivity contribution in [2.75, 3.05) is 4.90 Å². The molecular formula is C22H14N2O2S. The van der Waals surface area contributed by atoms with E-state index in [1.807, 2.05) is 47.2 Å². The van der Waals surface area contributed by atoms with Gasteiger partial charge in [-0.25, -0.2) is 4.90 Å². The molecule has 0 unspecified atom stereocenters. The maximum absolute atomic E-state index is 12.2. The Hall–Kier alpha value is -3.44. The SMILES string of the molecule is O=C1C=CC(=O)N1c1cn(-c2cccc(-c3ccsc3)c2)c2ccccc12. The number of hydrogen-bond acceptors (Lipinski definition) is 3. The molecular weight excluding hydrogens is 356 g/mol. The van der Waals surface area contributed by atoms with Gasteiger partial charge < -0.3 is 4.57 Å². The van der Waals surface area contributed by atoms with Gasteiger partial charge in [0.1, 0.15) is 0 Å². The number of nitrogens with zero attached hydrogens (tertiary/aromatic N) is 2. The molecule has 0 radical (unpaired) electrons. The van der Waals surface area contributed by atoms with Gasteiger partial charge in [0.25, 0.3) is 11.8 Å². The third-order valence-electron chi connectivity index (χ3n) is 4.72. The lowest BCUT2D eigenvalue weighted by Crippen LogP contribution is -2.29. The summed E-state index contributed by atoms with van der Waals surface area (Å²) in [6.07, 6.45) is 4.48. The Kier molecular flexibility index (Phi) is 3.55. The summed E-state index contributed by atoms with van der Waals surface area (Å²) in [6.45, 7) is 0. The summed E-state index contributed by atoms with van der Waals surface area (Å²) in [7, 11) is 0. The number of thiophene rings is 1. The number of aromatic nitrogens is 1. The normalized spacial score (nSPS) is 13.9. The maximum Gasteiger partial charge on any atom is 0.258 e. The van der Waals surface area contributed by atoms with E-state index >= 15 is 0 Å². The van der Waals surface area contributed by atoms with E-state index in [2.05, 4.69) is 29.0 Å². The molecule has 5 rings (SSSR count). The molecule has 27 heavy (non-hydrogen) atoms. The molecule has 130 valence electrons. The molecule has 0 N–H and O–H groups in total. The van der Waals surface area contributed by atoms with Crippen molar-refractivity contribution in [2.24, 2.45) is 0 Å². The second-order valence-corrected chi connectivity index (χ2v) is 7.09. The summed E-state index contributed by atoms with van der Waals surface area (Å²) >= 11 is 1.66. The number of para-hydroxylation sites is 1. The highest BCUT2D eigenvalue weighted by molar-refractivity contribution is 7.08. The monoisotopic (exact) mass is 370 g/mol. The van der Waals surface area contributed by atoms with Gasteiger partial charge in [0.05, 0.1) is 11.2 Å². The van der Waals surface area contributed by atoms with E-state index < -0.39 is 0 Å². The summed E-state index contributed by atoms with van der Waals surface area (Å²) in [6, 6.07) is 18.1. The van der Waals surface area contributed by atoms with Crippen LogP contribution >= 0.6 is 11.3 Å². The lowest BCUT2D eigenvalue weighted by Gasteiger charge is -2.12. The molecule has 0 fully saturated rings. The van der Waals surface area contributed by atoms with Gasteiger partial charge in [-0.3, -0.25) is 9.59 Å². The Bertz CT molecular complexity index is 1200. The molecule has 0 saturated heterocycles. The minimum atomic E-state index is -0.310. The van der Waals surface area contributed by atoms with Crippen LogP contribution in [0.2, 0.25) is 0 Å². The van der Waals surface area contributed by atoms with E-state index in [1.54, 1.807) is 11.3 Å². The van der Waals surface area contributed by atoms with E-state index in [4.69, 9.17) is 0 Å². The fourth-order valence-corrected chi connectivity index (χ4v) is 4.12. The van der Waals surface area contributed by atoms with Crippen molar-refractivity contribution in [3.05, 3.63) is 83.7 Å². The first kappa shape index (κ1) is 15.8. The van der Waals surface area contributed by atoms with Crippen LogP contribution in [0, 0.1) is 0 Å². The third-order valence-corrected chi connectivity index (χ3v) is 5.40. The number of carbonyl (C=O) groups excluding carboxylic acids is 2. The summed E-state index contributed by atoms with van der Waals surface area (Å²) in [5, 5.41) is 5.04. The van der Waals surface area contributed by atoms with Crippen molar-refractivity contribution in [3.8, 4) is 16.8 Å². The number of imide groups is 1. The van der Waals surface area contributed by atoms with Gasteiger partial charge in [-0.2, -0.15) is 11.3 Å². The highest BCUT2D eigenvalue weighted by Gasteiger charge is 2.28. The Balaban J connectivity index is 1.70. The van der Waals surface area contributed by atoms with Crippen molar-refractivity contribution < 1.29 is 9.59 Å². The summed E-state index contributed by atoms with van der Waals surface area (Å²) in [5.41, 5.74) is 4.83. The van der Waals surface area contributed by atoms with E-state index in [0.717, 1.165) is 22.2 Å². The molecule has 0 aliphatic carbocycles. The number of carbonyl (C=O) groups is 2. The van der Waals surface area contributed by atoms with Crippen LogP contribution in [0.5, 0.6) is 0 Å². The highest BCUT2D eigenvalue weighted by Crippen LogP contribution is 2.34. The zero-order chi connectivity index (χ0) is 18.4. The third kappa shape index (κ3) is 2.52. The number of amides is 2. The van der Waals surface area contributed by atoms with E-state index in [9.17, 15) is 9.59 Å². The van der Waals surface area contributed by atoms with Crippen molar-refractivity contribution in [3.63, 3.8) is 0 Å². The molecule has 5 heteroatoms. The first-order valence-corrected chi connectivity index (χ1v) is 9.46. The van der Waals surface area contributed by atoms with E-state index in [0.29, 0.717) is 5.69 Å². The van der Waals surface area contributed by atoms with Crippen LogP contribution in [0.15, 0.2) is 83.7 Å². The summed E-state index contributed by atoms with van der Waals surface area (Å²) < 4.78 is 2.03. The van der Waals surface area contributed by atoms with Crippen LogP contribution < -0.4 is 4.90 Å². The van der Waals surface area contributed by atoms with Gasteiger partial charge >= 0.3 is 0 Å². The highest BCUT2D eigenvalue weighted by atomic mass is 32.1. The van der Waals surface area contributed by atoms with Gasteiger partial charge in [0.15, 0.2) is 0 Å². The fraction of sp³-hybridized carbons (Fsp3) is 0. The van der Waals surface area contributed by atoms with Crippen molar-refractivity contribution in [2.45, 2.75) is 0 Å². The van der Waals surface area contributed by atoms with Crippen molar-refractivity contribution >= 4 is 39.7 Å². The second-order valence-electron chi connectivity index (χ2n) is 6.31. The molecule has 4 aromatic rings. The molecule has 1 aliphatic rings. The average Bonchev–Trinajstić information content (AvgIpc) is 3.42. The van der Waals surface area contributed by atoms with Crippen LogP contribution in [0.4, 0.5) is 5.69 Å². The van der Waals surface area contributed by atoms with Gasteiger partial charge in [0.2, 0.25) is 0 Å². The van der Waals surface area contributed by atoms with Crippen LogP contribution in [-0.2, 0) is 9.59 Å². The number of anilines is 1. The number of fused-ring (bicyclic) bond motifs is 1. The quantitative estimate of drug-likeness (QED) is 0.487. The molecule has 0 atom stereocenters. The van der Waals surface area contributed by atoms with Crippen molar-refractivity contribution in [1.82, 2.24) is 4.57 Å². The van der Waals surface area contributed by atoms with Crippen LogP contribution in [0.3, 0.4) is 0 Å². The number of hydrogen-bond donors (Lipinski definition) is 0. The molecule has 2 aromatic carbocycles. The van der Waals surface area contributed by atoms with Gasteiger partial charge in [-0.05, 0) is 46.2 Å². The van der Waals surface area contributed by atoms with Gasteiger partial charge in [-0.1, -0.05) is 30.3 Å². The molecule has 3 heterocycles. The Morgan fingerprint density at radius 2 is 1.63 bits per heavy atom. The van der Waals surface area contributed by atoms with Crippen LogP contribution in [0.25, 0.3) is 27.7 Å². The minimum absolute atomic E-state index is 0.310. The molecule has 0 saturated carbocycles. The summed E-state index contributed by atoms with van der Waals surface area (Å²) in [4.78, 5) is 25.6. The Morgan fingerprint density at radius 3 is 2.41 bits per heavy atom. The number of benzene rings is 2. The van der Waals surface area contributed by atoms with Gasteiger partial charge in [0, 0.05) is 29.4 Å².